The highest BCUT2D eigenvalue weighted by Crippen LogP contribution is 2.46. The summed E-state index contributed by atoms with van der Waals surface area (Å²) >= 11 is 0. The van der Waals surface area contributed by atoms with E-state index in [9.17, 15) is 9.59 Å². The van der Waals surface area contributed by atoms with Crippen molar-refractivity contribution in [2.45, 2.75) is 50.0 Å². The number of morpholine rings is 1. The number of hydrogen-bond donors (Lipinski definition) is 2. The van der Waals surface area contributed by atoms with Crippen LogP contribution in [-0.2, 0) is 21.4 Å². The van der Waals surface area contributed by atoms with E-state index in [2.05, 4.69) is 20.1 Å². The number of aromatic nitrogens is 2. The molecule has 3 atom stereocenters. The first-order chi connectivity index (χ1) is 14.6. The number of carbonyl (C=O) groups is 1. The fraction of sp³-hybridized carbons (Fsp3) is 0.773. The summed E-state index contributed by atoms with van der Waals surface area (Å²) in [6.07, 6.45) is 5.94. The molecule has 8 nitrogen and oxygen atoms in total. The Morgan fingerprint density at radius 2 is 1.87 bits per heavy atom. The first kappa shape index (κ1) is 21.2. The lowest BCUT2D eigenvalue weighted by Gasteiger charge is -2.40. The van der Waals surface area contributed by atoms with Gasteiger partial charge in [-0.15, -0.1) is 12.4 Å². The van der Waals surface area contributed by atoms with Crippen LogP contribution in [0.5, 0.6) is 0 Å². The van der Waals surface area contributed by atoms with Crippen molar-refractivity contribution in [3.05, 3.63) is 21.6 Å². The fourth-order valence-corrected chi connectivity index (χ4v) is 6.63. The molecule has 6 rings (SSSR count). The number of halogens is 1. The molecule has 1 aromatic rings. The maximum absolute atomic E-state index is 13.2. The number of likely N-dealkylation sites (tertiary alicyclic amines) is 1. The molecule has 1 saturated carbocycles. The van der Waals surface area contributed by atoms with Crippen LogP contribution in [0.1, 0.15) is 43.4 Å². The summed E-state index contributed by atoms with van der Waals surface area (Å²) in [7, 11) is 0. The molecule has 0 aromatic carbocycles. The molecule has 0 unspecified atom stereocenters. The van der Waals surface area contributed by atoms with Crippen molar-refractivity contribution in [1.29, 1.82) is 0 Å². The minimum Gasteiger partial charge on any atom is -0.378 e. The summed E-state index contributed by atoms with van der Waals surface area (Å²) in [6, 6.07) is 0.391. The normalized spacial score (nSPS) is 31.0. The summed E-state index contributed by atoms with van der Waals surface area (Å²) in [5.41, 5.74) is 1.84. The number of anilines is 1. The van der Waals surface area contributed by atoms with Crippen LogP contribution in [0.2, 0.25) is 0 Å². The predicted octanol–water partition coefficient (Wildman–Crippen LogP) is 0.833. The zero-order chi connectivity index (χ0) is 20.3. The predicted molar refractivity (Wildman–Crippen MR) is 119 cm³/mol. The van der Waals surface area contributed by atoms with Crippen molar-refractivity contribution in [3.63, 3.8) is 0 Å². The number of nitrogens with zero attached hydrogens (tertiary/aromatic N) is 3. The molecular weight excluding hydrogens is 418 g/mol. The first-order valence-corrected chi connectivity index (χ1v) is 11.6. The van der Waals surface area contributed by atoms with Crippen LogP contribution in [-0.4, -0.2) is 72.8 Å². The van der Waals surface area contributed by atoms with E-state index in [0.29, 0.717) is 37.0 Å². The molecule has 31 heavy (non-hydrogen) atoms. The number of piperidine rings is 2. The van der Waals surface area contributed by atoms with Gasteiger partial charge in [0.2, 0.25) is 11.9 Å². The third kappa shape index (κ3) is 3.38. The second-order valence-electron chi connectivity index (χ2n) is 9.80. The number of fused-ring (bicyclic) bond motifs is 4. The zero-order valence-electron chi connectivity index (χ0n) is 17.9. The Kier molecular flexibility index (Phi) is 5.51. The molecule has 0 radical (unpaired) electrons. The average Bonchev–Trinajstić information content (AvgIpc) is 3.48. The molecule has 3 saturated heterocycles. The first-order valence-electron chi connectivity index (χ1n) is 11.6. The number of carbonyl (C=O) groups excluding carboxylic acids is 1. The Bertz CT molecular complexity index is 887. The van der Waals surface area contributed by atoms with Crippen LogP contribution in [0.15, 0.2) is 4.79 Å². The van der Waals surface area contributed by atoms with Gasteiger partial charge < -0.3 is 19.9 Å². The van der Waals surface area contributed by atoms with Crippen molar-refractivity contribution in [3.8, 4) is 0 Å². The molecule has 1 spiro atoms. The van der Waals surface area contributed by atoms with Gasteiger partial charge in [-0.25, -0.2) is 4.98 Å². The Morgan fingerprint density at radius 3 is 2.52 bits per heavy atom. The second kappa shape index (κ2) is 8.05. The molecular formula is C22H32ClN5O3. The number of hydrogen-bond acceptors (Lipinski definition) is 6. The number of aromatic amines is 1. The average molecular weight is 450 g/mol. The standard InChI is InChI=1S/C22H31N5O3.ClH/c28-19-15-3-4-22(18(15)24-21(25-19)27-9-11-30-12-10-27)5-7-26(8-6-22)20(29)17-14-1-2-16(17)23-13-14;/h14,16-17,23H,1-13H2,(H,24,25,28);1H/t14-,16-,17+;/m0./s1. The topological polar surface area (TPSA) is 90.6 Å². The number of amides is 1. The number of nitrogens with one attached hydrogen (secondary N) is 2. The molecule has 1 aromatic heterocycles. The molecule has 1 amide bonds. The molecule has 2 aliphatic carbocycles. The lowest BCUT2D eigenvalue weighted by atomic mass is 9.76. The molecule has 4 heterocycles. The van der Waals surface area contributed by atoms with E-state index >= 15 is 0 Å². The van der Waals surface area contributed by atoms with E-state index in [1.807, 2.05) is 0 Å². The van der Waals surface area contributed by atoms with E-state index in [1.165, 1.54) is 6.42 Å². The van der Waals surface area contributed by atoms with Gasteiger partial charge in [-0.2, -0.15) is 0 Å². The third-order valence-corrected chi connectivity index (χ3v) is 8.42. The van der Waals surface area contributed by atoms with Crippen molar-refractivity contribution in [1.82, 2.24) is 20.2 Å². The molecule has 170 valence electrons. The zero-order valence-corrected chi connectivity index (χ0v) is 18.7. The molecule has 2 bridgehead atoms. The highest BCUT2D eigenvalue weighted by Gasteiger charge is 2.49. The summed E-state index contributed by atoms with van der Waals surface area (Å²) < 4.78 is 5.45. The minimum atomic E-state index is -0.0473. The summed E-state index contributed by atoms with van der Waals surface area (Å²) in [6.45, 7) is 5.43. The summed E-state index contributed by atoms with van der Waals surface area (Å²) in [5, 5.41) is 3.52. The van der Waals surface area contributed by atoms with E-state index < -0.39 is 0 Å². The Balaban J connectivity index is 0.00000204. The highest BCUT2D eigenvalue weighted by atomic mass is 35.5. The molecule has 3 aliphatic heterocycles. The molecule has 9 heteroatoms. The minimum absolute atomic E-state index is 0. The van der Waals surface area contributed by atoms with E-state index in [-0.39, 0.29) is 29.3 Å². The van der Waals surface area contributed by atoms with Gasteiger partial charge in [-0.05, 0) is 51.0 Å². The highest BCUT2D eigenvalue weighted by molar-refractivity contribution is 5.85. The van der Waals surface area contributed by atoms with E-state index in [4.69, 9.17) is 9.72 Å². The van der Waals surface area contributed by atoms with Gasteiger partial charge in [0.05, 0.1) is 24.8 Å². The van der Waals surface area contributed by atoms with Crippen molar-refractivity contribution in [2.24, 2.45) is 11.8 Å². The van der Waals surface area contributed by atoms with Gasteiger partial charge in [-0.3, -0.25) is 14.6 Å². The smallest absolute Gasteiger partial charge is 0.255 e. The summed E-state index contributed by atoms with van der Waals surface area (Å²) in [4.78, 5) is 38.3. The lowest BCUT2D eigenvalue weighted by molar-refractivity contribution is -0.138. The van der Waals surface area contributed by atoms with Crippen LogP contribution in [0.25, 0.3) is 0 Å². The maximum atomic E-state index is 13.2. The maximum Gasteiger partial charge on any atom is 0.255 e. The van der Waals surface area contributed by atoms with Crippen molar-refractivity contribution >= 4 is 24.3 Å². The van der Waals surface area contributed by atoms with E-state index in [0.717, 1.165) is 76.1 Å². The van der Waals surface area contributed by atoms with Crippen LogP contribution in [0, 0.1) is 11.8 Å². The van der Waals surface area contributed by atoms with Crippen molar-refractivity contribution < 1.29 is 9.53 Å². The van der Waals surface area contributed by atoms with Crippen LogP contribution in [0.3, 0.4) is 0 Å². The van der Waals surface area contributed by atoms with Gasteiger partial charge in [0.15, 0.2) is 0 Å². The molecule has 4 fully saturated rings. The van der Waals surface area contributed by atoms with Gasteiger partial charge in [-0.1, -0.05) is 0 Å². The molecule has 5 aliphatic rings. The Hall–Kier alpha value is -1.64. The van der Waals surface area contributed by atoms with Gasteiger partial charge >= 0.3 is 0 Å². The number of H-pyrrole nitrogens is 1. The fourth-order valence-electron chi connectivity index (χ4n) is 6.63. The third-order valence-electron chi connectivity index (χ3n) is 8.42. The summed E-state index contributed by atoms with van der Waals surface area (Å²) in [5.74, 6) is 1.76. The quantitative estimate of drug-likeness (QED) is 0.695. The SMILES string of the molecule is Cl.O=C([C@@H]1[C@H]2CC[C@@H]1NC2)N1CCC2(CCc3c2nc(N2CCOCC2)[nH]c3=O)CC1. The number of ether oxygens (including phenoxy) is 1. The van der Waals surface area contributed by atoms with Crippen LogP contribution in [0.4, 0.5) is 5.95 Å². The van der Waals surface area contributed by atoms with Gasteiger partial charge in [0, 0.05) is 43.2 Å². The second-order valence-corrected chi connectivity index (χ2v) is 9.80. The van der Waals surface area contributed by atoms with Crippen LogP contribution >= 0.6 is 12.4 Å². The Labute approximate surface area is 188 Å². The monoisotopic (exact) mass is 449 g/mol. The molecule has 2 N–H and O–H groups in total. The number of rotatable bonds is 2. The van der Waals surface area contributed by atoms with Crippen molar-refractivity contribution in [2.75, 3.05) is 50.8 Å². The Morgan fingerprint density at radius 1 is 1.10 bits per heavy atom. The van der Waals surface area contributed by atoms with E-state index in [1.54, 1.807) is 0 Å². The lowest BCUT2D eigenvalue weighted by Crippen LogP contribution is -2.48. The van der Waals surface area contributed by atoms with Gasteiger partial charge in [0.1, 0.15) is 0 Å². The van der Waals surface area contributed by atoms with Gasteiger partial charge in [0.25, 0.3) is 5.56 Å². The van der Waals surface area contributed by atoms with Crippen LogP contribution < -0.4 is 15.8 Å². The largest absolute Gasteiger partial charge is 0.378 e.